The summed E-state index contributed by atoms with van der Waals surface area (Å²) >= 11 is 0. The summed E-state index contributed by atoms with van der Waals surface area (Å²) < 4.78 is 0. The van der Waals surface area contributed by atoms with Crippen LogP contribution in [0.15, 0.2) is 24.3 Å². The maximum atomic E-state index is 10.8. The van der Waals surface area contributed by atoms with E-state index in [0.29, 0.717) is 6.04 Å². The van der Waals surface area contributed by atoms with Crippen molar-refractivity contribution in [3.05, 3.63) is 29.8 Å². The van der Waals surface area contributed by atoms with E-state index in [1.165, 1.54) is 25.3 Å². The number of amides is 1. The van der Waals surface area contributed by atoms with E-state index in [1.54, 1.807) is 0 Å². The summed E-state index contributed by atoms with van der Waals surface area (Å²) in [6.07, 6.45) is 2.46. The number of carbonyl (C=O) groups excluding carboxylic acids is 1. The van der Waals surface area contributed by atoms with E-state index < -0.39 is 0 Å². The molecule has 2 N–H and O–H groups in total. The van der Waals surface area contributed by atoms with Gasteiger partial charge >= 0.3 is 0 Å². The zero-order valence-electron chi connectivity index (χ0n) is 9.32. The number of hydrogen-bond acceptors (Lipinski definition) is 2. The Bertz CT molecular complexity index is 345. The first-order chi connectivity index (χ1) is 7.25. The lowest BCUT2D eigenvalue weighted by atomic mass is 10.1. The zero-order valence-corrected chi connectivity index (χ0v) is 10.1. The Labute approximate surface area is 102 Å². The molecule has 2 rings (SSSR count). The number of carbonyl (C=O) groups is 1. The van der Waals surface area contributed by atoms with Crippen molar-refractivity contribution in [2.24, 2.45) is 0 Å². The highest BCUT2D eigenvalue weighted by molar-refractivity contribution is 5.88. The summed E-state index contributed by atoms with van der Waals surface area (Å²) in [6, 6.07) is 8.56. The first-order valence-electron chi connectivity index (χ1n) is 5.36. The Hall–Kier alpha value is -1.06. The summed E-state index contributed by atoms with van der Waals surface area (Å²) in [4.78, 5) is 10.8. The maximum Gasteiger partial charge on any atom is 0.221 e. The Kier molecular flexibility index (Phi) is 4.77. The third-order valence-corrected chi connectivity index (χ3v) is 2.69. The lowest BCUT2D eigenvalue weighted by molar-refractivity contribution is -0.114. The second-order valence-corrected chi connectivity index (χ2v) is 3.95. The first-order valence-corrected chi connectivity index (χ1v) is 5.36. The van der Waals surface area contributed by atoms with Crippen LogP contribution in [-0.2, 0) is 4.79 Å². The number of anilines is 1. The standard InChI is InChI=1S/C12H16N2O.ClH/c1-9(15)14-11-6-4-10(5-7-11)12-3-2-8-13-12;/h4-7,12-13H,2-3,8H2,1H3,(H,14,15);1H/t12-;/m0./s1. The van der Waals surface area contributed by atoms with Crippen molar-refractivity contribution < 1.29 is 4.79 Å². The van der Waals surface area contributed by atoms with Crippen molar-refractivity contribution in [2.75, 3.05) is 11.9 Å². The average Bonchev–Trinajstić information content (AvgIpc) is 2.71. The van der Waals surface area contributed by atoms with Crippen molar-refractivity contribution in [3.63, 3.8) is 0 Å². The quantitative estimate of drug-likeness (QED) is 0.834. The third kappa shape index (κ3) is 3.22. The molecular formula is C12H17ClN2O. The van der Waals surface area contributed by atoms with Crippen LogP contribution in [0.5, 0.6) is 0 Å². The lowest BCUT2D eigenvalue weighted by Gasteiger charge is -2.11. The van der Waals surface area contributed by atoms with Gasteiger partial charge in [0.1, 0.15) is 0 Å². The molecule has 0 unspecified atom stereocenters. The predicted molar refractivity (Wildman–Crippen MR) is 68.0 cm³/mol. The van der Waals surface area contributed by atoms with Crippen LogP contribution in [0.1, 0.15) is 31.4 Å². The maximum absolute atomic E-state index is 10.8. The molecule has 0 radical (unpaired) electrons. The van der Waals surface area contributed by atoms with Crippen LogP contribution >= 0.6 is 12.4 Å². The molecule has 1 atom stereocenters. The molecule has 0 saturated carbocycles. The average molecular weight is 241 g/mol. The molecule has 1 fully saturated rings. The highest BCUT2D eigenvalue weighted by Crippen LogP contribution is 2.23. The van der Waals surface area contributed by atoms with Gasteiger partial charge < -0.3 is 10.6 Å². The van der Waals surface area contributed by atoms with Crippen molar-refractivity contribution in [1.82, 2.24) is 5.32 Å². The van der Waals surface area contributed by atoms with Crippen molar-refractivity contribution in [1.29, 1.82) is 0 Å². The second-order valence-electron chi connectivity index (χ2n) is 3.95. The molecule has 3 nitrogen and oxygen atoms in total. The summed E-state index contributed by atoms with van der Waals surface area (Å²) in [7, 11) is 0. The van der Waals surface area contributed by atoms with E-state index in [2.05, 4.69) is 22.8 Å². The van der Waals surface area contributed by atoms with Crippen molar-refractivity contribution in [2.45, 2.75) is 25.8 Å². The van der Waals surface area contributed by atoms with Gasteiger partial charge in [0.15, 0.2) is 0 Å². The molecule has 1 aliphatic heterocycles. The molecule has 1 aromatic rings. The Morgan fingerprint density at radius 2 is 2.06 bits per heavy atom. The smallest absolute Gasteiger partial charge is 0.221 e. The zero-order chi connectivity index (χ0) is 10.7. The highest BCUT2D eigenvalue weighted by atomic mass is 35.5. The van der Waals surface area contributed by atoms with E-state index in [-0.39, 0.29) is 18.3 Å². The fourth-order valence-corrected chi connectivity index (χ4v) is 1.97. The largest absolute Gasteiger partial charge is 0.326 e. The van der Waals surface area contributed by atoms with Gasteiger partial charge in [-0.25, -0.2) is 0 Å². The van der Waals surface area contributed by atoms with E-state index in [1.807, 2.05) is 12.1 Å². The van der Waals surface area contributed by atoms with Gasteiger partial charge in [-0.2, -0.15) is 0 Å². The summed E-state index contributed by atoms with van der Waals surface area (Å²) in [5.74, 6) is -0.0262. The minimum Gasteiger partial charge on any atom is -0.326 e. The molecule has 88 valence electrons. The molecule has 1 aliphatic rings. The second kappa shape index (κ2) is 5.87. The summed E-state index contributed by atoms with van der Waals surface area (Å²) in [6.45, 7) is 2.63. The summed E-state index contributed by atoms with van der Waals surface area (Å²) in [5.41, 5.74) is 2.17. The van der Waals surface area contributed by atoms with Gasteiger partial charge in [-0.1, -0.05) is 12.1 Å². The van der Waals surface area contributed by atoms with Gasteiger partial charge in [0.25, 0.3) is 0 Å². The molecule has 0 aliphatic carbocycles. The Balaban J connectivity index is 0.00000128. The molecular weight excluding hydrogens is 224 g/mol. The molecule has 0 aromatic heterocycles. The van der Waals surface area contributed by atoms with Crippen LogP contribution in [0, 0.1) is 0 Å². The van der Waals surface area contributed by atoms with Gasteiger partial charge in [-0.3, -0.25) is 4.79 Å². The SMILES string of the molecule is CC(=O)Nc1ccc([C@@H]2CCCN2)cc1.Cl. The van der Waals surface area contributed by atoms with Crippen molar-refractivity contribution in [3.8, 4) is 0 Å². The van der Waals surface area contributed by atoms with Gasteiger partial charge in [0.05, 0.1) is 0 Å². The molecule has 1 saturated heterocycles. The van der Waals surface area contributed by atoms with Crippen LogP contribution in [0.3, 0.4) is 0 Å². The molecule has 0 spiro atoms. The van der Waals surface area contributed by atoms with Gasteiger partial charge in [0, 0.05) is 18.7 Å². The number of halogens is 1. The first kappa shape index (κ1) is 13.0. The summed E-state index contributed by atoms with van der Waals surface area (Å²) in [5, 5.41) is 6.21. The van der Waals surface area contributed by atoms with Crippen LogP contribution in [0.2, 0.25) is 0 Å². The van der Waals surface area contributed by atoms with Gasteiger partial charge in [0.2, 0.25) is 5.91 Å². The Morgan fingerprint density at radius 3 is 2.56 bits per heavy atom. The molecule has 0 bridgehead atoms. The predicted octanol–water partition coefficient (Wildman–Crippen LogP) is 2.49. The Morgan fingerprint density at radius 1 is 1.38 bits per heavy atom. The van der Waals surface area contributed by atoms with E-state index in [4.69, 9.17) is 0 Å². The number of rotatable bonds is 2. The van der Waals surface area contributed by atoms with E-state index in [9.17, 15) is 4.79 Å². The molecule has 4 heteroatoms. The number of hydrogen-bond donors (Lipinski definition) is 2. The van der Waals surface area contributed by atoms with Crippen LogP contribution in [0.4, 0.5) is 5.69 Å². The number of nitrogens with one attached hydrogen (secondary N) is 2. The van der Waals surface area contributed by atoms with E-state index in [0.717, 1.165) is 12.2 Å². The van der Waals surface area contributed by atoms with Gasteiger partial charge in [-0.15, -0.1) is 12.4 Å². The monoisotopic (exact) mass is 240 g/mol. The van der Waals surface area contributed by atoms with Crippen molar-refractivity contribution >= 4 is 24.0 Å². The van der Waals surface area contributed by atoms with E-state index >= 15 is 0 Å². The van der Waals surface area contributed by atoms with Crippen LogP contribution < -0.4 is 10.6 Å². The molecule has 16 heavy (non-hydrogen) atoms. The third-order valence-electron chi connectivity index (χ3n) is 2.69. The molecule has 1 aromatic carbocycles. The minimum absolute atomic E-state index is 0. The topological polar surface area (TPSA) is 41.1 Å². The van der Waals surface area contributed by atoms with Gasteiger partial charge in [-0.05, 0) is 37.1 Å². The van der Waals surface area contributed by atoms with Crippen LogP contribution in [-0.4, -0.2) is 12.5 Å². The number of benzene rings is 1. The molecule has 1 amide bonds. The fraction of sp³-hybridized carbons (Fsp3) is 0.417. The minimum atomic E-state index is -0.0262. The van der Waals surface area contributed by atoms with Crippen LogP contribution in [0.25, 0.3) is 0 Å². The normalized spacial score (nSPS) is 18.9. The molecule has 1 heterocycles. The highest BCUT2D eigenvalue weighted by Gasteiger charge is 2.15. The fourth-order valence-electron chi connectivity index (χ4n) is 1.97. The lowest BCUT2D eigenvalue weighted by Crippen LogP contribution is -2.13.